The second-order valence-electron chi connectivity index (χ2n) is 7.57. The Balaban J connectivity index is 1.98. The van der Waals surface area contributed by atoms with Crippen molar-refractivity contribution in [3.05, 3.63) is 113 Å². The summed E-state index contributed by atoms with van der Waals surface area (Å²) >= 11 is 8.66. The number of hydrogen-bond acceptors (Lipinski definition) is 3. The van der Waals surface area contributed by atoms with Crippen LogP contribution in [-0.4, -0.2) is 9.97 Å². The molecule has 2 aromatic carbocycles. The molecule has 0 aliphatic rings. The molecule has 0 spiro atoms. The van der Waals surface area contributed by atoms with Gasteiger partial charge >= 0.3 is 0 Å². The summed E-state index contributed by atoms with van der Waals surface area (Å²) in [5.74, 6) is 0.605. The first-order chi connectivity index (χ1) is 16.6. The smallest absolute Gasteiger partial charge is 0.160 e. The minimum atomic E-state index is 0.605. The van der Waals surface area contributed by atoms with Crippen LogP contribution in [0.25, 0.3) is 50.3 Å². The monoisotopic (exact) mass is 480 g/mol. The summed E-state index contributed by atoms with van der Waals surface area (Å²) in [5, 5.41) is 1.80. The first kappa shape index (κ1) is 23.6. The molecule has 0 aliphatic carbocycles. The summed E-state index contributed by atoms with van der Waals surface area (Å²) < 4.78 is 1.02. The number of nitrogens with zero attached hydrogens (tertiary/aromatic N) is 2. The molecule has 4 heteroatoms. The lowest BCUT2D eigenvalue weighted by Crippen LogP contribution is -1.98. The maximum Gasteiger partial charge on any atom is 0.160 e. The maximum absolute atomic E-state index is 7.01. The van der Waals surface area contributed by atoms with E-state index < -0.39 is 0 Å². The highest BCUT2D eigenvalue weighted by atomic mass is 35.5. The fourth-order valence-corrected chi connectivity index (χ4v) is 5.21. The first-order valence-corrected chi connectivity index (χ1v) is 12.2. The van der Waals surface area contributed by atoms with Crippen LogP contribution in [0.15, 0.2) is 92.1 Å². The van der Waals surface area contributed by atoms with Crippen LogP contribution in [-0.2, 0) is 0 Å². The second-order valence-corrected chi connectivity index (χ2v) is 9.00. The molecule has 0 amide bonds. The molecular weight excluding hydrogens is 456 g/mol. The van der Waals surface area contributed by atoms with Gasteiger partial charge in [-0.1, -0.05) is 110 Å². The largest absolute Gasteiger partial charge is 0.228 e. The molecule has 4 rings (SSSR count). The van der Waals surface area contributed by atoms with Gasteiger partial charge in [0.1, 0.15) is 0 Å². The Labute approximate surface area is 210 Å². The fourth-order valence-electron chi connectivity index (χ4n) is 3.76. The van der Waals surface area contributed by atoms with E-state index >= 15 is 0 Å². The SMILES string of the molecule is C=C/C(=C\C=C/C)c1nc(-c2ccccc2)cc(-c2ccc3c(/C=C\C)c(C=C)sc3c2Cl)n1. The number of fused-ring (bicyclic) bond motifs is 1. The molecule has 4 aromatic rings. The van der Waals surface area contributed by atoms with Crippen molar-refractivity contribution in [3.63, 3.8) is 0 Å². The second kappa shape index (κ2) is 10.6. The van der Waals surface area contributed by atoms with Gasteiger partial charge in [-0.3, -0.25) is 0 Å². The average molecular weight is 481 g/mol. The van der Waals surface area contributed by atoms with Gasteiger partial charge in [0.05, 0.1) is 21.1 Å². The normalized spacial score (nSPS) is 12.1. The Bertz CT molecular complexity index is 1460. The molecule has 0 aliphatic heterocycles. The van der Waals surface area contributed by atoms with Crippen molar-refractivity contribution in [1.82, 2.24) is 9.97 Å². The standard InChI is InChI=1S/C30H25ClN2S/c1-5-9-14-20(7-3)30-32-25(21-15-11-10-12-16-21)19-26(33-30)24-18-17-23-22(13-6-2)27(8-4)34-29(23)28(24)31/h5-19H,3-4H2,1-2H3/b9-5-,13-6-,20-14+. The number of hydrogen-bond donors (Lipinski definition) is 0. The van der Waals surface area contributed by atoms with Gasteiger partial charge in [0.15, 0.2) is 5.82 Å². The van der Waals surface area contributed by atoms with Crippen molar-refractivity contribution >= 4 is 50.7 Å². The van der Waals surface area contributed by atoms with Crippen LogP contribution in [0.5, 0.6) is 0 Å². The summed E-state index contributed by atoms with van der Waals surface area (Å²) in [5.41, 5.74) is 5.47. The van der Waals surface area contributed by atoms with E-state index in [0.29, 0.717) is 10.8 Å². The van der Waals surface area contributed by atoms with Crippen LogP contribution in [0.2, 0.25) is 5.02 Å². The molecule has 0 N–H and O–H groups in total. The summed E-state index contributed by atoms with van der Waals surface area (Å²) in [6, 6.07) is 16.2. The van der Waals surface area contributed by atoms with Crippen LogP contribution in [0.1, 0.15) is 30.1 Å². The Morgan fingerprint density at radius 3 is 2.41 bits per heavy atom. The van der Waals surface area contributed by atoms with Gasteiger partial charge in [-0.2, -0.15) is 0 Å². The van der Waals surface area contributed by atoms with E-state index in [4.69, 9.17) is 21.6 Å². The zero-order valence-corrected chi connectivity index (χ0v) is 20.8. The quantitative estimate of drug-likeness (QED) is 0.246. The van der Waals surface area contributed by atoms with Crippen LogP contribution in [0, 0.1) is 0 Å². The third kappa shape index (κ3) is 4.58. The lowest BCUT2D eigenvalue weighted by molar-refractivity contribution is 1.13. The number of allylic oxidation sites excluding steroid dienone is 6. The van der Waals surface area contributed by atoms with Crippen LogP contribution < -0.4 is 0 Å². The summed E-state index contributed by atoms with van der Waals surface area (Å²) in [4.78, 5) is 10.9. The lowest BCUT2D eigenvalue weighted by atomic mass is 10.0. The van der Waals surface area contributed by atoms with Crippen LogP contribution >= 0.6 is 22.9 Å². The molecule has 168 valence electrons. The minimum absolute atomic E-state index is 0.605. The molecule has 0 radical (unpaired) electrons. The van der Waals surface area contributed by atoms with Crippen molar-refractivity contribution in [3.8, 4) is 22.5 Å². The zero-order valence-electron chi connectivity index (χ0n) is 19.3. The van der Waals surface area contributed by atoms with Gasteiger partial charge in [0.2, 0.25) is 0 Å². The third-order valence-electron chi connectivity index (χ3n) is 5.40. The highest BCUT2D eigenvalue weighted by molar-refractivity contribution is 7.21. The van der Waals surface area contributed by atoms with Gasteiger partial charge in [-0.05, 0) is 19.9 Å². The van der Waals surface area contributed by atoms with Gasteiger partial charge in [-0.15, -0.1) is 11.3 Å². The van der Waals surface area contributed by atoms with Crippen molar-refractivity contribution in [1.29, 1.82) is 0 Å². The molecule has 2 nitrogen and oxygen atoms in total. The number of benzene rings is 2. The molecule has 34 heavy (non-hydrogen) atoms. The fraction of sp³-hybridized carbons (Fsp3) is 0.0667. The average Bonchev–Trinajstić information content (AvgIpc) is 3.24. The Morgan fingerprint density at radius 2 is 1.74 bits per heavy atom. The van der Waals surface area contributed by atoms with Crippen molar-refractivity contribution < 1.29 is 0 Å². The van der Waals surface area contributed by atoms with E-state index in [1.807, 2.05) is 86.7 Å². The van der Waals surface area contributed by atoms with Crippen molar-refractivity contribution in [2.24, 2.45) is 0 Å². The summed E-state index contributed by atoms with van der Waals surface area (Å²) in [6.07, 6.45) is 13.7. The molecule has 2 heterocycles. The van der Waals surface area contributed by atoms with Gasteiger partial charge in [0.25, 0.3) is 0 Å². The van der Waals surface area contributed by atoms with Crippen LogP contribution in [0.3, 0.4) is 0 Å². The predicted octanol–water partition coefficient (Wildman–Crippen LogP) is 9.50. The van der Waals surface area contributed by atoms with E-state index in [2.05, 4.69) is 25.3 Å². The third-order valence-corrected chi connectivity index (χ3v) is 7.14. The molecule has 0 bridgehead atoms. The highest BCUT2D eigenvalue weighted by Gasteiger charge is 2.17. The van der Waals surface area contributed by atoms with Crippen LogP contribution in [0.4, 0.5) is 0 Å². The first-order valence-electron chi connectivity index (χ1n) is 11.0. The summed E-state index contributed by atoms with van der Waals surface area (Å²) in [7, 11) is 0. The maximum atomic E-state index is 7.01. The van der Waals surface area contributed by atoms with Crippen molar-refractivity contribution in [2.75, 3.05) is 0 Å². The van der Waals surface area contributed by atoms with Crippen molar-refractivity contribution in [2.45, 2.75) is 13.8 Å². The van der Waals surface area contributed by atoms with E-state index in [0.717, 1.165) is 48.6 Å². The molecule has 2 aromatic heterocycles. The Hall–Kier alpha value is -3.53. The number of rotatable bonds is 7. The van der Waals surface area contributed by atoms with Gasteiger partial charge in [0, 0.05) is 32.5 Å². The topological polar surface area (TPSA) is 25.8 Å². The number of aromatic nitrogens is 2. The molecular formula is C30H25ClN2S. The number of halogens is 1. The molecule has 0 saturated heterocycles. The molecule has 0 fully saturated rings. The lowest BCUT2D eigenvalue weighted by Gasteiger charge is -2.11. The molecule has 0 atom stereocenters. The van der Waals surface area contributed by atoms with Gasteiger partial charge < -0.3 is 0 Å². The zero-order chi connectivity index (χ0) is 24.1. The Morgan fingerprint density at radius 1 is 0.971 bits per heavy atom. The number of thiophene rings is 1. The highest BCUT2D eigenvalue weighted by Crippen LogP contribution is 2.42. The van der Waals surface area contributed by atoms with Gasteiger partial charge in [-0.25, -0.2) is 9.97 Å². The minimum Gasteiger partial charge on any atom is -0.228 e. The van der Waals surface area contributed by atoms with E-state index in [9.17, 15) is 0 Å². The van der Waals surface area contributed by atoms with E-state index in [1.165, 1.54) is 0 Å². The Kier molecular flexibility index (Phi) is 7.36. The van der Waals surface area contributed by atoms with E-state index in [-0.39, 0.29) is 0 Å². The molecule has 0 saturated carbocycles. The van der Waals surface area contributed by atoms with E-state index in [1.54, 1.807) is 17.4 Å². The predicted molar refractivity (Wildman–Crippen MR) is 151 cm³/mol. The summed E-state index contributed by atoms with van der Waals surface area (Å²) in [6.45, 7) is 11.9. The molecule has 0 unspecified atom stereocenters.